The number of alkyl halides is 2. The predicted molar refractivity (Wildman–Crippen MR) is 151 cm³/mol. The molecule has 0 spiro atoms. The van der Waals surface area contributed by atoms with Crippen LogP contribution in [0.25, 0.3) is 0 Å². The molecule has 1 atom stereocenters. The number of hydrazine groups is 2. The fourth-order valence-corrected chi connectivity index (χ4v) is 4.31. The molecule has 0 fully saturated rings. The minimum Gasteiger partial charge on any atom is -0.489 e. The normalized spacial score (nSPS) is 14.0. The van der Waals surface area contributed by atoms with Gasteiger partial charge in [-0.05, 0) is 59.7 Å². The highest BCUT2D eigenvalue weighted by Gasteiger charge is 2.58. The van der Waals surface area contributed by atoms with Crippen LogP contribution >= 0.6 is 0 Å². The van der Waals surface area contributed by atoms with E-state index in [0.717, 1.165) is 46.9 Å². The molecule has 1 aliphatic rings. The predicted octanol–water partition coefficient (Wildman–Crippen LogP) is 4.05. The largest absolute Gasteiger partial charge is 0.489 e. The number of pyridine rings is 1. The van der Waals surface area contributed by atoms with E-state index in [-0.39, 0.29) is 0 Å². The molecule has 3 aromatic carbocycles. The van der Waals surface area contributed by atoms with Crippen LogP contribution in [0.2, 0.25) is 0 Å². The smallest absolute Gasteiger partial charge is 0.323 e. The Morgan fingerprint density at radius 1 is 0.907 bits per heavy atom. The van der Waals surface area contributed by atoms with Gasteiger partial charge in [0, 0.05) is 35.5 Å². The van der Waals surface area contributed by atoms with E-state index in [4.69, 9.17) is 10.5 Å². The van der Waals surface area contributed by atoms with Crippen molar-refractivity contribution in [1.82, 2.24) is 21.1 Å². The van der Waals surface area contributed by atoms with Gasteiger partial charge >= 0.3 is 5.92 Å². The van der Waals surface area contributed by atoms with E-state index in [1.807, 2.05) is 24.3 Å². The second kappa shape index (κ2) is 12.5. The van der Waals surface area contributed by atoms with Gasteiger partial charge in [0.1, 0.15) is 36.0 Å². The van der Waals surface area contributed by atoms with Gasteiger partial charge in [0.05, 0.1) is 6.54 Å². The number of nitrogens with zero attached hydrogens (tertiary/aromatic N) is 3. The number of aliphatic hydroxyl groups is 1. The third kappa shape index (κ3) is 6.60. The van der Waals surface area contributed by atoms with Gasteiger partial charge in [-0.2, -0.15) is 13.9 Å². The molecule has 220 valence electrons. The quantitative estimate of drug-likeness (QED) is 0.172. The van der Waals surface area contributed by atoms with Crippen molar-refractivity contribution in [3.05, 3.63) is 130 Å². The first-order chi connectivity index (χ1) is 20.7. The number of halogens is 4. The summed E-state index contributed by atoms with van der Waals surface area (Å²) in [5.41, 5.74) is 8.54. The highest BCUT2D eigenvalue weighted by atomic mass is 19.3. The number of nitrogens with two attached hydrogens (primary N) is 1. The van der Waals surface area contributed by atoms with Gasteiger partial charge in [-0.1, -0.05) is 36.1 Å². The second-order valence-corrected chi connectivity index (χ2v) is 9.67. The summed E-state index contributed by atoms with van der Waals surface area (Å²) in [6, 6.07) is 19.2. The molecular formula is C31H26F4N6O2. The highest BCUT2D eigenvalue weighted by molar-refractivity contribution is 5.55. The Kier molecular flexibility index (Phi) is 8.58. The lowest BCUT2D eigenvalue weighted by Crippen LogP contribution is -2.54. The zero-order valence-electron chi connectivity index (χ0n) is 22.6. The average Bonchev–Trinajstić information content (AvgIpc) is 3.52. The lowest BCUT2D eigenvalue weighted by Gasteiger charge is -2.38. The molecule has 0 bridgehead atoms. The molecule has 4 aromatic rings. The zero-order chi connectivity index (χ0) is 30.5. The van der Waals surface area contributed by atoms with Crippen LogP contribution in [0.4, 0.5) is 17.6 Å². The van der Waals surface area contributed by atoms with Crippen LogP contribution in [0.3, 0.4) is 0 Å². The molecular weight excluding hydrogens is 564 g/mol. The molecule has 12 heteroatoms. The van der Waals surface area contributed by atoms with Crippen molar-refractivity contribution in [3.8, 4) is 17.6 Å². The Morgan fingerprint density at radius 3 is 2.23 bits per heavy atom. The molecule has 1 aromatic heterocycles. The van der Waals surface area contributed by atoms with Crippen LogP contribution in [-0.4, -0.2) is 28.0 Å². The van der Waals surface area contributed by atoms with E-state index >= 15 is 8.78 Å². The van der Waals surface area contributed by atoms with Crippen molar-refractivity contribution in [2.75, 3.05) is 6.54 Å². The Bertz CT molecular complexity index is 1660. The highest BCUT2D eigenvalue weighted by Crippen LogP contribution is 2.46. The van der Waals surface area contributed by atoms with Gasteiger partial charge in [0.15, 0.2) is 5.60 Å². The maximum absolute atomic E-state index is 15.9. The summed E-state index contributed by atoms with van der Waals surface area (Å²) >= 11 is 0. The number of benzene rings is 3. The monoisotopic (exact) mass is 590 g/mol. The molecule has 43 heavy (non-hydrogen) atoms. The summed E-state index contributed by atoms with van der Waals surface area (Å²) in [4.78, 5) is 3.83. The molecule has 0 saturated heterocycles. The summed E-state index contributed by atoms with van der Waals surface area (Å²) < 4.78 is 65.8. The van der Waals surface area contributed by atoms with Crippen LogP contribution in [0.15, 0.2) is 90.2 Å². The standard InChI is InChI=1S/C31H26F4N6O2/c32-25-10-13-27(28(33)15-25)30(42,19-41-20-38-39-40-41)31(34,35)29-14-9-23(17-37-29)4-1-21-7-11-26(12-8-21)43-18-24-5-2-22(16-36)3-6-24/h2-3,5-15,17,20,39-40,42H,16,18-19,36H2. The van der Waals surface area contributed by atoms with Gasteiger partial charge in [-0.25, -0.2) is 14.3 Å². The summed E-state index contributed by atoms with van der Waals surface area (Å²) in [7, 11) is 0. The molecule has 1 aliphatic heterocycles. The van der Waals surface area contributed by atoms with E-state index in [1.165, 1.54) is 6.07 Å². The number of β-amino-alcohol motifs (C(OH)–C–C–N with tert-alkyl or cyclic N) is 1. The van der Waals surface area contributed by atoms with E-state index < -0.39 is 41.0 Å². The summed E-state index contributed by atoms with van der Waals surface area (Å²) in [5.74, 6) is -0.00762. The number of aromatic nitrogens is 1. The fraction of sp³-hybridized carbons (Fsp3) is 0.161. The minimum absolute atomic E-state index is 0.329. The van der Waals surface area contributed by atoms with Gasteiger partial charge in [0.2, 0.25) is 0 Å². The van der Waals surface area contributed by atoms with E-state index in [9.17, 15) is 13.9 Å². The number of nitrogens with one attached hydrogen (secondary N) is 2. The van der Waals surface area contributed by atoms with Crippen molar-refractivity contribution in [2.45, 2.75) is 24.7 Å². The molecule has 5 N–H and O–H groups in total. The van der Waals surface area contributed by atoms with Crippen molar-refractivity contribution >= 4 is 6.34 Å². The Balaban J connectivity index is 1.30. The first kappa shape index (κ1) is 29.5. The topological polar surface area (TPSA) is 108 Å². The van der Waals surface area contributed by atoms with Gasteiger partial charge in [0.25, 0.3) is 0 Å². The van der Waals surface area contributed by atoms with Crippen LogP contribution in [0, 0.1) is 23.5 Å². The Morgan fingerprint density at radius 2 is 1.60 bits per heavy atom. The van der Waals surface area contributed by atoms with E-state index in [0.29, 0.717) is 36.1 Å². The summed E-state index contributed by atoms with van der Waals surface area (Å²) in [6.07, 6.45) is 2.22. The van der Waals surface area contributed by atoms with Gasteiger partial charge < -0.3 is 15.6 Å². The Hall–Kier alpha value is -4.96. The molecule has 8 nitrogen and oxygen atoms in total. The molecule has 1 unspecified atom stereocenters. The maximum atomic E-state index is 15.9. The lowest BCUT2D eigenvalue weighted by molar-refractivity contribution is -0.206. The first-order valence-corrected chi connectivity index (χ1v) is 13.0. The second-order valence-electron chi connectivity index (χ2n) is 9.67. The third-order valence-electron chi connectivity index (χ3n) is 6.71. The number of rotatable bonds is 9. The fourth-order valence-electron chi connectivity index (χ4n) is 4.31. The van der Waals surface area contributed by atoms with Gasteiger partial charge in [-0.3, -0.25) is 9.99 Å². The summed E-state index contributed by atoms with van der Waals surface area (Å²) in [6.45, 7) is 0.00638. The molecule has 5 rings (SSSR count). The van der Waals surface area contributed by atoms with Crippen LogP contribution in [-0.2, 0) is 24.7 Å². The molecule has 0 amide bonds. The first-order valence-electron chi connectivity index (χ1n) is 13.0. The third-order valence-corrected chi connectivity index (χ3v) is 6.71. The molecule has 0 radical (unpaired) electrons. The SMILES string of the molecule is NCc1ccc(COc2ccc(C#Cc3ccc(C(F)(F)C(O)(CN4C=NNN4)c4ccc(F)cc4F)nc3)cc2)cc1. The van der Waals surface area contributed by atoms with Crippen molar-refractivity contribution in [1.29, 1.82) is 0 Å². The zero-order valence-corrected chi connectivity index (χ0v) is 22.6. The van der Waals surface area contributed by atoms with Crippen molar-refractivity contribution in [3.63, 3.8) is 0 Å². The Labute approximate surface area is 244 Å². The number of hydrogen-bond acceptors (Lipinski definition) is 8. The molecule has 0 aliphatic carbocycles. The van der Waals surface area contributed by atoms with Crippen LogP contribution < -0.4 is 21.5 Å². The van der Waals surface area contributed by atoms with Crippen LogP contribution in [0.5, 0.6) is 5.75 Å². The van der Waals surface area contributed by atoms with Gasteiger partial charge in [-0.15, -0.1) is 5.53 Å². The average molecular weight is 591 g/mol. The maximum Gasteiger partial charge on any atom is 0.323 e. The lowest BCUT2D eigenvalue weighted by atomic mass is 9.84. The number of hydrogen-bond donors (Lipinski definition) is 4. The number of hydrazone groups is 1. The number of ether oxygens (including phenoxy) is 1. The van der Waals surface area contributed by atoms with Crippen molar-refractivity contribution in [2.24, 2.45) is 10.8 Å². The minimum atomic E-state index is -4.13. The van der Waals surface area contributed by atoms with Crippen molar-refractivity contribution < 1.29 is 27.4 Å². The molecule has 2 heterocycles. The summed E-state index contributed by atoms with van der Waals surface area (Å²) in [5, 5.41) is 15.9. The van der Waals surface area contributed by atoms with Crippen LogP contribution in [0.1, 0.15) is 33.5 Å². The van der Waals surface area contributed by atoms with E-state index in [2.05, 4.69) is 33.0 Å². The van der Waals surface area contributed by atoms with E-state index in [1.54, 1.807) is 24.3 Å². The molecule has 0 saturated carbocycles.